The SMILES string of the molecule is O=CC1COCCN1c1ccc([N+](=O)[O-])c(O)c1. The molecule has 0 amide bonds. The summed E-state index contributed by atoms with van der Waals surface area (Å²) in [5.41, 5.74) is 0.216. The highest BCUT2D eigenvalue weighted by molar-refractivity contribution is 5.68. The topological polar surface area (TPSA) is 92.9 Å². The minimum atomic E-state index is -0.657. The number of morpholine rings is 1. The molecular formula is C11H12N2O5. The number of anilines is 1. The van der Waals surface area contributed by atoms with E-state index in [1.807, 2.05) is 0 Å². The molecule has 7 nitrogen and oxygen atoms in total. The average molecular weight is 252 g/mol. The van der Waals surface area contributed by atoms with Gasteiger partial charge in [0, 0.05) is 24.4 Å². The summed E-state index contributed by atoms with van der Waals surface area (Å²) >= 11 is 0. The molecule has 0 saturated carbocycles. The lowest BCUT2D eigenvalue weighted by Gasteiger charge is -2.34. The number of nitro benzene ring substituents is 1. The van der Waals surface area contributed by atoms with Gasteiger partial charge in [0.05, 0.1) is 18.1 Å². The molecule has 1 aromatic carbocycles. The molecule has 7 heteroatoms. The molecule has 2 rings (SSSR count). The Hall–Kier alpha value is -2.15. The van der Waals surface area contributed by atoms with Gasteiger partial charge in [0.25, 0.3) is 0 Å². The Kier molecular flexibility index (Phi) is 3.42. The van der Waals surface area contributed by atoms with E-state index in [9.17, 15) is 20.0 Å². The van der Waals surface area contributed by atoms with Gasteiger partial charge in [0.15, 0.2) is 5.75 Å². The fourth-order valence-electron chi connectivity index (χ4n) is 1.90. The number of aldehydes is 1. The number of phenols is 1. The summed E-state index contributed by atoms with van der Waals surface area (Å²) in [7, 11) is 0. The van der Waals surface area contributed by atoms with Gasteiger partial charge in [0.2, 0.25) is 0 Å². The van der Waals surface area contributed by atoms with Crippen LogP contribution in [0.2, 0.25) is 0 Å². The molecule has 1 heterocycles. The van der Waals surface area contributed by atoms with E-state index < -0.39 is 16.7 Å². The van der Waals surface area contributed by atoms with Gasteiger partial charge in [-0.05, 0) is 6.07 Å². The zero-order valence-corrected chi connectivity index (χ0v) is 9.48. The van der Waals surface area contributed by atoms with E-state index in [4.69, 9.17) is 4.74 Å². The second-order valence-corrected chi connectivity index (χ2v) is 3.90. The number of hydrogen-bond donors (Lipinski definition) is 1. The molecule has 1 aliphatic heterocycles. The monoisotopic (exact) mass is 252 g/mol. The highest BCUT2D eigenvalue weighted by Gasteiger charge is 2.24. The molecule has 96 valence electrons. The molecule has 18 heavy (non-hydrogen) atoms. The molecule has 0 bridgehead atoms. The lowest BCUT2D eigenvalue weighted by atomic mass is 10.2. The summed E-state index contributed by atoms with van der Waals surface area (Å²) in [6.45, 7) is 1.25. The molecule has 0 aliphatic carbocycles. The van der Waals surface area contributed by atoms with Gasteiger partial charge in [-0.2, -0.15) is 0 Å². The van der Waals surface area contributed by atoms with Crippen molar-refractivity contribution in [1.29, 1.82) is 0 Å². The van der Waals surface area contributed by atoms with Crippen LogP contribution in [-0.4, -0.2) is 42.1 Å². The molecule has 1 N–H and O–H groups in total. The van der Waals surface area contributed by atoms with Gasteiger partial charge in [-0.1, -0.05) is 0 Å². The van der Waals surface area contributed by atoms with E-state index in [0.29, 0.717) is 18.8 Å². The van der Waals surface area contributed by atoms with Crippen molar-refractivity contribution in [2.45, 2.75) is 6.04 Å². The van der Waals surface area contributed by atoms with Gasteiger partial charge in [-0.15, -0.1) is 0 Å². The zero-order chi connectivity index (χ0) is 13.1. The van der Waals surface area contributed by atoms with Crippen molar-refractivity contribution >= 4 is 17.7 Å². The molecule has 0 spiro atoms. The second-order valence-electron chi connectivity index (χ2n) is 3.90. The van der Waals surface area contributed by atoms with Crippen molar-refractivity contribution in [3.63, 3.8) is 0 Å². The van der Waals surface area contributed by atoms with Crippen LogP contribution in [-0.2, 0) is 9.53 Å². The smallest absolute Gasteiger partial charge is 0.310 e. The van der Waals surface area contributed by atoms with Gasteiger partial charge in [-0.3, -0.25) is 10.1 Å². The van der Waals surface area contributed by atoms with Crippen LogP contribution in [0, 0.1) is 10.1 Å². The number of phenolic OH excluding ortho intramolecular Hbond substituents is 1. The first-order valence-corrected chi connectivity index (χ1v) is 5.40. The van der Waals surface area contributed by atoms with Crippen LogP contribution >= 0.6 is 0 Å². The third kappa shape index (κ3) is 2.25. The molecule has 1 saturated heterocycles. The predicted octanol–water partition coefficient (Wildman–Crippen LogP) is 0.704. The largest absolute Gasteiger partial charge is 0.502 e. The maximum atomic E-state index is 10.9. The molecule has 1 fully saturated rings. The molecule has 0 aromatic heterocycles. The summed E-state index contributed by atoms with van der Waals surface area (Å²) in [4.78, 5) is 22.6. The van der Waals surface area contributed by atoms with E-state index in [2.05, 4.69) is 0 Å². The van der Waals surface area contributed by atoms with E-state index >= 15 is 0 Å². The summed E-state index contributed by atoms with van der Waals surface area (Å²) in [6, 6.07) is 3.60. The summed E-state index contributed by atoms with van der Waals surface area (Å²) in [5.74, 6) is -0.409. The molecule has 1 aliphatic rings. The first-order valence-electron chi connectivity index (χ1n) is 5.40. The maximum absolute atomic E-state index is 10.9. The number of nitro groups is 1. The summed E-state index contributed by atoms with van der Waals surface area (Å²) < 4.78 is 5.17. The number of nitrogens with zero attached hydrogens (tertiary/aromatic N) is 2. The first-order chi connectivity index (χ1) is 8.63. The Morgan fingerprint density at radius 2 is 2.33 bits per heavy atom. The number of benzene rings is 1. The molecule has 1 unspecified atom stereocenters. The standard InChI is InChI=1S/C11H12N2O5/c14-6-9-7-18-4-3-12(9)8-1-2-10(13(16)17)11(15)5-8/h1-2,5-6,9,15H,3-4,7H2. The summed E-state index contributed by atoms with van der Waals surface area (Å²) in [5, 5.41) is 20.1. The normalized spacial score (nSPS) is 19.6. The third-order valence-corrected chi connectivity index (χ3v) is 2.81. The van der Waals surface area contributed by atoms with Gasteiger partial charge in [0.1, 0.15) is 12.3 Å². The van der Waals surface area contributed by atoms with Crippen LogP contribution < -0.4 is 4.90 Å². The van der Waals surface area contributed by atoms with Crippen molar-refractivity contribution in [3.8, 4) is 5.75 Å². The number of aromatic hydroxyl groups is 1. The highest BCUT2D eigenvalue weighted by Crippen LogP contribution is 2.31. The predicted molar refractivity (Wildman–Crippen MR) is 62.8 cm³/mol. The maximum Gasteiger partial charge on any atom is 0.310 e. The zero-order valence-electron chi connectivity index (χ0n) is 9.48. The van der Waals surface area contributed by atoms with Gasteiger partial charge in [-0.25, -0.2) is 0 Å². The second kappa shape index (κ2) is 5.01. The third-order valence-electron chi connectivity index (χ3n) is 2.81. The minimum Gasteiger partial charge on any atom is -0.502 e. The van der Waals surface area contributed by atoms with Gasteiger partial charge < -0.3 is 19.5 Å². The van der Waals surface area contributed by atoms with E-state index in [-0.39, 0.29) is 12.3 Å². The Bertz CT molecular complexity index is 477. The Balaban J connectivity index is 2.30. The van der Waals surface area contributed by atoms with Crippen LogP contribution in [0.3, 0.4) is 0 Å². The lowest BCUT2D eigenvalue weighted by Crippen LogP contribution is -2.46. The molecular weight excluding hydrogens is 240 g/mol. The van der Waals surface area contributed by atoms with Crippen molar-refractivity contribution < 1.29 is 19.6 Å². The van der Waals surface area contributed by atoms with Crippen molar-refractivity contribution in [3.05, 3.63) is 28.3 Å². The van der Waals surface area contributed by atoms with E-state index in [1.165, 1.54) is 18.2 Å². The van der Waals surface area contributed by atoms with Crippen LogP contribution in [0.15, 0.2) is 18.2 Å². The van der Waals surface area contributed by atoms with Crippen molar-refractivity contribution in [2.75, 3.05) is 24.7 Å². The van der Waals surface area contributed by atoms with Crippen LogP contribution in [0.5, 0.6) is 5.75 Å². The van der Waals surface area contributed by atoms with Crippen LogP contribution in [0.25, 0.3) is 0 Å². The van der Waals surface area contributed by atoms with Gasteiger partial charge >= 0.3 is 5.69 Å². The Labute approximate surface area is 103 Å². The van der Waals surface area contributed by atoms with E-state index in [0.717, 1.165) is 6.29 Å². The average Bonchev–Trinajstić information content (AvgIpc) is 2.38. The molecule has 1 atom stereocenters. The summed E-state index contributed by atoms with van der Waals surface area (Å²) in [6.07, 6.45) is 0.762. The fraction of sp³-hybridized carbons (Fsp3) is 0.364. The Morgan fingerprint density at radius 3 is 2.94 bits per heavy atom. The fourth-order valence-corrected chi connectivity index (χ4v) is 1.90. The van der Waals surface area contributed by atoms with E-state index in [1.54, 1.807) is 4.90 Å². The number of ether oxygens (including phenoxy) is 1. The quantitative estimate of drug-likeness (QED) is 0.483. The number of carbonyl (C=O) groups is 1. The highest BCUT2D eigenvalue weighted by atomic mass is 16.6. The van der Waals surface area contributed by atoms with Crippen LogP contribution in [0.1, 0.15) is 0 Å². The van der Waals surface area contributed by atoms with Crippen LogP contribution in [0.4, 0.5) is 11.4 Å². The first kappa shape index (κ1) is 12.3. The number of hydrogen-bond acceptors (Lipinski definition) is 6. The minimum absolute atomic E-state index is 0.279. The number of carbonyl (C=O) groups excluding carboxylic acids is 1. The van der Waals surface area contributed by atoms with Crippen molar-refractivity contribution in [1.82, 2.24) is 0 Å². The molecule has 0 radical (unpaired) electrons. The Morgan fingerprint density at radius 1 is 1.56 bits per heavy atom. The number of rotatable bonds is 3. The lowest BCUT2D eigenvalue weighted by molar-refractivity contribution is -0.385. The molecule has 1 aromatic rings. The van der Waals surface area contributed by atoms with Crippen molar-refractivity contribution in [2.24, 2.45) is 0 Å².